The van der Waals surface area contributed by atoms with Crippen molar-refractivity contribution in [2.45, 2.75) is 25.8 Å². The first-order valence-corrected chi connectivity index (χ1v) is 9.09. The Bertz CT molecular complexity index is 480. The Morgan fingerprint density at radius 3 is 2.43 bits per heavy atom. The Hall–Kier alpha value is -1.33. The van der Waals surface area contributed by atoms with Crippen LogP contribution in [0.5, 0.6) is 0 Å². The van der Waals surface area contributed by atoms with Gasteiger partial charge in [0.2, 0.25) is 0 Å². The van der Waals surface area contributed by atoms with E-state index in [1.807, 2.05) is 0 Å². The van der Waals surface area contributed by atoms with Gasteiger partial charge in [-0.1, -0.05) is 12.1 Å². The van der Waals surface area contributed by atoms with Crippen molar-refractivity contribution in [3.8, 4) is 0 Å². The van der Waals surface area contributed by atoms with Crippen LogP contribution < -0.4 is 15.1 Å². The molecule has 1 aliphatic rings. The van der Waals surface area contributed by atoms with Crippen molar-refractivity contribution in [2.75, 3.05) is 52.2 Å². The van der Waals surface area contributed by atoms with Crippen LogP contribution in [0.2, 0.25) is 0 Å². The molecule has 0 radical (unpaired) electrons. The Morgan fingerprint density at radius 1 is 1.17 bits per heavy atom. The predicted octanol–water partition coefficient (Wildman–Crippen LogP) is 1.13. The maximum absolute atomic E-state index is 5.45. The van der Waals surface area contributed by atoms with Crippen LogP contribution in [0.4, 0.5) is 5.69 Å². The van der Waals surface area contributed by atoms with Crippen LogP contribution in [0, 0.1) is 0 Å². The quantitative estimate of drug-likeness (QED) is 0.761. The number of benzene rings is 1. The average molecular weight is 336 g/mol. The van der Waals surface area contributed by atoms with E-state index in [1.165, 1.54) is 48.5 Å². The summed E-state index contributed by atoms with van der Waals surface area (Å²) in [5, 5.41) is 4.15. The molecule has 2 rings (SSSR count). The number of hydrogen-bond donors (Lipinski definition) is 2. The third-order valence-corrected chi connectivity index (χ3v) is 4.78. The van der Waals surface area contributed by atoms with Crippen molar-refractivity contribution >= 4 is 23.0 Å². The Kier molecular flexibility index (Phi) is 7.12. The SMILES string of the molecule is CN(Cc1ccc(N2CCCCC2)cc1)C(=S)NCC[NH+](C)C. The molecule has 1 saturated heterocycles. The van der Waals surface area contributed by atoms with Gasteiger partial charge in [-0.3, -0.25) is 0 Å². The highest BCUT2D eigenvalue weighted by Gasteiger charge is 2.11. The van der Waals surface area contributed by atoms with Gasteiger partial charge < -0.3 is 20.0 Å². The summed E-state index contributed by atoms with van der Waals surface area (Å²) < 4.78 is 0. The van der Waals surface area contributed by atoms with Crippen LogP contribution in [0.1, 0.15) is 24.8 Å². The molecule has 0 atom stereocenters. The van der Waals surface area contributed by atoms with Gasteiger partial charge in [-0.25, -0.2) is 0 Å². The van der Waals surface area contributed by atoms with Crippen LogP contribution in [-0.4, -0.2) is 57.3 Å². The van der Waals surface area contributed by atoms with Gasteiger partial charge >= 0.3 is 0 Å². The molecule has 1 aliphatic heterocycles. The highest BCUT2D eigenvalue weighted by Crippen LogP contribution is 2.20. The second-order valence-electron chi connectivity index (χ2n) is 6.76. The monoisotopic (exact) mass is 335 g/mol. The van der Waals surface area contributed by atoms with E-state index in [0.29, 0.717) is 0 Å². The zero-order chi connectivity index (χ0) is 16.7. The molecule has 1 fully saturated rings. The smallest absolute Gasteiger partial charge is 0.169 e. The number of anilines is 1. The standard InChI is InChI=1S/C18H30N4S/c1-20(2)14-11-19-18(23)21(3)15-16-7-9-17(10-8-16)22-12-5-4-6-13-22/h7-10H,4-6,11-15H2,1-3H3,(H,19,23)/p+1. The number of quaternary nitrogens is 1. The first-order valence-electron chi connectivity index (χ1n) is 8.68. The minimum absolute atomic E-state index is 0.825. The molecule has 4 nitrogen and oxygen atoms in total. The predicted molar refractivity (Wildman–Crippen MR) is 102 cm³/mol. The molecule has 0 aliphatic carbocycles. The summed E-state index contributed by atoms with van der Waals surface area (Å²) in [6.45, 7) is 5.22. The molecule has 0 bridgehead atoms. The van der Waals surface area contributed by atoms with Crippen molar-refractivity contribution in [1.29, 1.82) is 0 Å². The Morgan fingerprint density at radius 2 is 1.83 bits per heavy atom. The van der Waals surface area contributed by atoms with E-state index in [0.717, 1.165) is 24.7 Å². The molecule has 23 heavy (non-hydrogen) atoms. The van der Waals surface area contributed by atoms with Crippen LogP contribution in [-0.2, 0) is 6.54 Å². The van der Waals surface area contributed by atoms with Gasteiger partial charge in [0, 0.05) is 32.4 Å². The lowest BCUT2D eigenvalue weighted by Gasteiger charge is -2.29. The van der Waals surface area contributed by atoms with Crippen LogP contribution in [0.3, 0.4) is 0 Å². The van der Waals surface area contributed by atoms with E-state index in [1.54, 1.807) is 0 Å². The third kappa shape index (κ3) is 5.99. The van der Waals surface area contributed by atoms with E-state index in [9.17, 15) is 0 Å². The molecule has 0 amide bonds. The molecule has 1 heterocycles. The zero-order valence-electron chi connectivity index (χ0n) is 14.8. The maximum Gasteiger partial charge on any atom is 0.169 e. The van der Waals surface area contributed by atoms with Gasteiger partial charge in [-0.15, -0.1) is 0 Å². The zero-order valence-corrected chi connectivity index (χ0v) is 15.6. The Balaban J connectivity index is 1.81. The lowest BCUT2D eigenvalue weighted by atomic mass is 10.1. The second-order valence-corrected chi connectivity index (χ2v) is 7.15. The third-order valence-electron chi connectivity index (χ3n) is 4.33. The molecular weight excluding hydrogens is 304 g/mol. The summed E-state index contributed by atoms with van der Waals surface area (Å²) >= 11 is 5.45. The first kappa shape index (κ1) is 18.0. The number of rotatable bonds is 6. The normalized spacial score (nSPS) is 14.9. The molecule has 0 saturated carbocycles. The van der Waals surface area contributed by atoms with Crippen molar-refractivity contribution < 1.29 is 4.90 Å². The fourth-order valence-corrected chi connectivity index (χ4v) is 3.03. The Labute approximate surface area is 146 Å². The van der Waals surface area contributed by atoms with Gasteiger partial charge in [0.25, 0.3) is 0 Å². The van der Waals surface area contributed by atoms with Gasteiger partial charge in [0.15, 0.2) is 5.11 Å². The molecule has 128 valence electrons. The van der Waals surface area contributed by atoms with Crippen molar-refractivity contribution in [3.63, 3.8) is 0 Å². The molecule has 5 heteroatoms. The lowest BCUT2D eigenvalue weighted by molar-refractivity contribution is -0.856. The van der Waals surface area contributed by atoms with E-state index < -0.39 is 0 Å². The average Bonchev–Trinajstić information content (AvgIpc) is 2.56. The molecular formula is C18H31N4S+. The van der Waals surface area contributed by atoms with Gasteiger partial charge in [-0.05, 0) is 49.2 Å². The first-order chi connectivity index (χ1) is 11.1. The van der Waals surface area contributed by atoms with Gasteiger partial charge in [0.1, 0.15) is 0 Å². The molecule has 1 aromatic carbocycles. The minimum Gasteiger partial charge on any atom is -0.372 e. The summed E-state index contributed by atoms with van der Waals surface area (Å²) in [6, 6.07) is 8.96. The minimum atomic E-state index is 0.825. The van der Waals surface area contributed by atoms with Gasteiger partial charge in [0.05, 0.1) is 27.2 Å². The van der Waals surface area contributed by atoms with Gasteiger partial charge in [-0.2, -0.15) is 0 Å². The molecule has 0 spiro atoms. The fourth-order valence-electron chi connectivity index (χ4n) is 2.86. The number of hydrogen-bond acceptors (Lipinski definition) is 2. The fraction of sp³-hybridized carbons (Fsp3) is 0.611. The number of nitrogens with zero attached hydrogens (tertiary/aromatic N) is 2. The summed E-state index contributed by atoms with van der Waals surface area (Å²) in [5.74, 6) is 0. The number of piperidine rings is 1. The van der Waals surface area contributed by atoms with Crippen LogP contribution >= 0.6 is 12.2 Å². The van der Waals surface area contributed by atoms with Crippen molar-refractivity contribution in [1.82, 2.24) is 10.2 Å². The highest BCUT2D eigenvalue weighted by atomic mass is 32.1. The maximum atomic E-state index is 5.45. The lowest BCUT2D eigenvalue weighted by Crippen LogP contribution is -3.06. The largest absolute Gasteiger partial charge is 0.372 e. The summed E-state index contributed by atoms with van der Waals surface area (Å²) in [4.78, 5) is 6.03. The summed E-state index contributed by atoms with van der Waals surface area (Å²) in [7, 11) is 6.35. The van der Waals surface area contributed by atoms with E-state index >= 15 is 0 Å². The second kappa shape index (κ2) is 9.08. The van der Waals surface area contributed by atoms with Crippen LogP contribution in [0.25, 0.3) is 0 Å². The van der Waals surface area contributed by atoms with Crippen molar-refractivity contribution in [2.24, 2.45) is 0 Å². The van der Waals surface area contributed by atoms with E-state index in [-0.39, 0.29) is 0 Å². The van der Waals surface area contributed by atoms with E-state index in [2.05, 4.69) is 60.5 Å². The summed E-state index contributed by atoms with van der Waals surface area (Å²) in [6.07, 6.45) is 4.01. The van der Waals surface area contributed by atoms with Crippen LogP contribution in [0.15, 0.2) is 24.3 Å². The number of likely N-dealkylation sites (N-methyl/N-ethyl adjacent to an activating group) is 1. The topological polar surface area (TPSA) is 22.9 Å². The molecule has 1 aromatic rings. The number of nitrogens with one attached hydrogen (secondary N) is 2. The molecule has 0 unspecified atom stereocenters. The van der Waals surface area contributed by atoms with Crippen molar-refractivity contribution in [3.05, 3.63) is 29.8 Å². The molecule has 0 aromatic heterocycles. The number of thiocarbonyl (C=S) groups is 1. The highest BCUT2D eigenvalue weighted by molar-refractivity contribution is 7.80. The summed E-state index contributed by atoms with van der Waals surface area (Å²) in [5.41, 5.74) is 2.65. The molecule has 2 N–H and O–H groups in total. The van der Waals surface area contributed by atoms with E-state index in [4.69, 9.17) is 12.2 Å².